The van der Waals surface area contributed by atoms with Crippen LogP contribution in [-0.2, 0) is 14.3 Å². The molecule has 0 aliphatic heterocycles. The minimum absolute atomic E-state index is 0.164. The number of carbonyl (C=O) groups excluding carboxylic acids is 1. The Bertz CT molecular complexity index is 828. The lowest BCUT2D eigenvalue weighted by Gasteiger charge is -2.29. The van der Waals surface area contributed by atoms with E-state index in [1.165, 1.54) is 0 Å². The van der Waals surface area contributed by atoms with Gasteiger partial charge in [-0.2, -0.15) is 0 Å². The Morgan fingerprint density at radius 1 is 1.16 bits per heavy atom. The van der Waals surface area contributed by atoms with Crippen molar-refractivity contribution in [1.82, 2.24) is 5.32 Å². The molecule has 0 aliphatic rings. The Labute approximate surface area is 155 Å². The third kappa shape index (κ3) is 4.25. The molecule has 2 aromatic rings. The first kappa shape index (κ1) is 19.5. The first-order valence-corrected chi connectivity index (χ1v) is 10.2. The van der Waals surface area contributed by atoms with Crippen LogP contribution >= 0.6 is 11.6 Å². The molecule has 0 heterocycles. The Kier molecular flexibility index (Phi) is 5.96. The van der Waals surface area contributed by atoms with Crippen molar-refractivity contribution in [2.75, 3.05) is 6.54 Å². The summed E-state index contributed by atoms with van der Waals surface area (Å²) in [5.74, 6) is 3.76. The smallest absolute Gasteiger partial charge is 0.238 e. The van der Waals surface area contributed by atoms with Crippen LogP contribution in [0, 0.1) is 0 Å². The molecular weight excluding hydrogens is 354 g/mol. The predicted molar refractivity (Wildman–Crippen MR) is 107 cm³/mol. The second-order valence-corrected chi connectivity index (χ2v) is 9.94. The number of nitrogens with one attached hydrogen (secondary N) is 1. The lowest BCUT2D eigenvalue weighted by molar-refractivity contribution is -0.122. The fourth-order valence-electron chi connectivity index (χ4n) is 2.46. The van der Waals surface area contributed by atoms with E-state index in [-0.39, 0.29) is 11.8 Å². The monoisotopic (exact) mass is 377 g/mol. The van der Waals surface area contributed by atoms with Crippen LogP contribution in [0.2, 0.25) is 5.02 Å². The standard InChI is InChI=1S/C20H24ClNO2S/c1-15(16-8-6-5-7-9-16)14-22-19(23)20(2,3)25(4,24)18-12-10-17(21)11-13-18/h5-13,15H,4,14H2,1-3H3,(H,22,23). The quantitative estimate of drug-likeness (QED) is 0.770. The van der Waals surface area contributed by atoms with E-state index in [9.17, 15) is 9.00 Å². The summed E-state index contributed by atoms with van der Waals surface area (Å²) in [5.41, 5.74) is 1.15. The van der Waals surface area contributed by atoms with E-state index in [1.807, 2.05) is 37.3 Å². The second-order valence-electron chi connectivity index (χ2n) is 6.66. The third-order valence-electron chi connectivity index (χ3n) is 4.50. The van der Waals surface area contributed by atoms with Crippen molar-refractivity contribution in [2.45, 2.75) is 36.3 Å². The maximum Gasteiger partial charge on any atom is 0.238 e. The van der Waals surface area contributed by atoms with E-state index < -0.39 is 14.3 Å². The van der Waals surface area contributed by atoms with Gasteiger partial charge in [-0.05, 0) is 55.5 Å². The van der Waals surface area contributed by atoms with Crippen LogP contribution in [-0.4, -0.2) is 27.3 Å². The zero-order valence-electron chi connectivity index (χ0n) is 14.8. The van der Waals surface area contributed by atoms with Gasteiger partial charge in [0.1, 0.15) is 4.75 Å². The van der Waals surface area contributed by atoms with E-state index in [0.29, 0.717) is 16.5 Å². The molecule has 0 aliphatic carbocycles. The highest BCUT2D eigenvalue weighted by Gasteiger charge is 2.37. The maximum atomic E-state index is 13.3. The number of hydrogen-bond donors (Lipinski definition) is 1. The van der Waals surface area contributed by atoms with Crippen molar-refractivity contribution in [3.8, 4) is 0 Å². The van der Waals surface area contributed by atoms with Crippen molar-refractivity contribution in [3.05, 3.63) is 65.2 Å². The summed E-state index contributed by atoms with van der Waals surface area (Å²) in [4.78, 5) is 13.3. The van der Waals surface area contributed by atoms with Gasteiger partial charge in [0.05, 0.1) is 0 Å². The van der Waals surface area contributed by atoms with Gasteiger partial charge in [-0.15, -0.1) is 0 Å². The topological polar surface area (TPSA) is 46.2 Å². The van der Waals surface area contributed by atoms with Crippen molar-refractivity contribution in [2.24, 2.45) is 0 Å². The number of rotatable bonds is 6. The minimum atomic E-state index is -2.84. The molecule has 0 fully saturated rings. The van der Waals surface area contributed by atoms with E-state index in [0.717, 1.165) is 5.56 Å². The summed E-state index contributed by atoms with van der Waals surface area (Å²) in [7, 11) is -2.84. The molecule has 2 unspecified atom stereocenters. The van der Waals surface area contributed by atoms with Gasteiger partial charge in [-0.1, -0.05) is 48.9 Å². The number of amides is 1. The van der Waals surface area contributed by atoms with Gasteiger partial charge in [0, 0.05) is 26.0 Å². The van der Waals surface area contributed by atoms with E-state index in [4.69, 9.17) is 11.6 Å². The van der Waals surface area contributed by atoms with E-state index in [1.54, 1.807) is 38.1 Å². The van der Waals surface area contributed by atoms with Gasteiger partial charge in [-0.25, -0.2) is 0 Å². The largest absolute Gasteiger partial charge is 0.354 e. The van der Waals surface area contributed by atoms with Gasteiger partial charge < -0.3 is 5.32 Å². The molecule has 3 nitrogen and oxygen atoms in total. The van der Waals surface area contributed by atoms with Crippen LogP contribution in [0.4, 0.5) is 0 Å². The number of halogens is 1. The summed E-state index contributed by atoms with van der Waals surface area (Å²) in [6.07, 6.45) is 0. The van der Waals surface area contributed by atoms with Crippen molar-refractivity contribution >= 4 is 32.9 Å². The van der Waals surface area contributed by atoms with Crippen molar-refractivity contribution in [3.63, 3.8) is 0 Å². The first-order valence-electron chi connectivity index (χ1n) is 8.12. The summed E-state index contributed by atoms with van der Waals surface area (Å²) in [6.45, 7) is 5.85. The van der Waals surface area contributed by atoms with Gasteiger partial charge >= 0.3 is 0 Å². The lowest BCUT2D eigenvalue weighted by Crippen LogP contribution is -2.48. The number of benzene rings is 2. The summed E-state index contributed by atoms with van der Waals surface area (Å²) < 4.78 is 12.1. The fourth-order valence-corrected chi connectivity index (χ4v) is 4.12. The van der Waals surface area contributed by atoms with Gasteiger partial charge in [-0.3, -0.25) is 9.00 Å². The molecule has 0 saturated carbocycles. The maximum absolute atomic E-state index is 13.3. The van der Waals surface area contributed by atoms with E-state index >= 15 is 0 Å². The van der Waals surface area contributed by atoms with Crippen LogP contribution in [0.15, 0.2) is 59.5 Å². The molecular formula is C20H24ClNO2S. The molecule has 2 atom stereocenters. The normalized spacial score (nSPS) is 15.2. The third-order valence-corrected chi connectivity index (χ3v) is 7.62. The molecule has 0 spiro atoms. The molecule has 134 valence electrons. The van der Waals surface area contributed by atoms with Gasteiger partial charge in [0.2, 0.25) is 5.91 Å². The molecule has 2 rings (SSSR count). The van der Waals surface area contributed by atoms with Crippen LogP contribution in [0.5, 0.6) is 0 Å². The van der Waals surface area contributed by atoms with Crippen molar-refractivity contribution < 1.29 is 9.00 Å². The fraction of sp³-hybridized carbons (Fsp3) is 0.300. The predicted octanol–water partition coefficient (Wildman–Crippen LogP) is 4.11. The average molecular weight is 378 g/mol. The Morgan fingerprint density at radius 2 is 1.72 bits per heavy atom. The molecule has 1 N–H and O–H groups in total. The molecule has 0 saturated heterocycles. The molecule has 5 heteroatoms. The molecule has 1 amide bonds. The Morgan fingerprint density at radius 3 is 2.28 bits per heavy atom. The zero-order chi connectivity index (χ0) is 18.7. The summed E-state index contributed by atoms with van der Waals surface area (Å²) in [6, 6.07) is 16.6. The van der Waals surface area contributed by atoms with E-state index in [2.05, 4.69) is 11.2 Å². The Balaban J connectivity index is 2.12. The molecule has 0 aromatic heterocycles. The first-order chi connectivity index (χ1) is 11.7. The lowest BCUT2D eigenvalue weighted by atomic mass is 10.0. The Hall–Kier alpha value is -1.78. The molecule has 0 bridgehead atoms. The van der Waals surface area contributed by atoms with Gasteiger partial charge in [0.25, 0.3) is 0 Å². The highest BCUT2D eigenvalue weighted by Crippen LogP contribution is 2.27. The molecule has 2 aromatic carbocycles. The number of hydrogen-bond acceptors (Lipinski definition) is 2. The SMILES string of the molecule is C=S(=O)(c1ccc(Cl)cc1)C(C)(C)C(=O)NCC(C)c1ccccc1. The van der Waals surface area contributed by atoms with Crippen LogP contribution in [0.3, 0.4) is 0 Å². The highest BCUT2D eigenvalue weighted by atomic mass is 35.5. The van der Waals surface area contributed by atoms with Crippen LogP contribution in [0.25, 0.3) is 0 Å². The molecule has 25 heavy (non-hydrogen) atoms. The second kappa shape index (κ2) is 7.63. The summed E-state index contributed by atoms with van der Waals surface area (Å²) >= 11 is 5.89. The van der Waals surface area contributed by atoms with Gasteiger partial charge in [0.15, 0.2) is 0 Å². The number of carbonyl (C=O) groups is 1. The molecule has 0 radical (unpaired) electrons. The minimum Gasteiger partial charge on any atom is -0.354 e. The zero-order valence-corrected chi connectivity index (χ0v) is 16.4. The summed E-state index contributed by atoms with van der Waals surface area (Å²) in [5, 5.41) is 3.48. The van der Waals surface area contributed by atoms with Crippen LogP contribution < -0.4 is 5.32 Å². The van der Waals surface area contributed by atoms with Crippen LogP contribution in [0.1, 0.15) is 32.3 Å². The average Bonchev–Trinajstić information content (AvgIpc) is 2.60. The van der Waals surface area contributed by atoms with Crippen molar-refractivity contribution in [1.29, 1.82) is 0 Å². The highest BCUT2D eigenvalue weighted by molar-refractivity contribution is 8.02.